The van der Waals surface area contributed by atoms with Crippen LogP contribution >= 0.6 is 11.8 Å². The van der Waals surface area contributed by atoms with E-state index >= 15 is 0 Å². The highest BCUT2D eigenvalue weighted by Gasteiger charge is 2.16. The average Bonchev–Trinajstić information content (AvgIpc) is 2.46. The van der Waals surface area contributed by atoms with Crippen LogP contribution in [0.15, 0.2) is 53.4 Å². The van der Waals surface area contributed by atoms with Crippen molar-refractivity contribution in [1.29, 1.82) is 0 Å². The van der Waals surface area contributed by atoms with Crippen LogP contribution in [0, 0.1) is 0 Å². The molecular weight excluding hydrogens is 256 g/mol. The summed E-state index contributed by atoms with van der Waals surface area (Å²) in [6.07, 6.45) is 0.286. The van der Waals surface area contributed by atoms with E-state index in [4.69, 9.17) is 9.47 Å². The van der Waals surface area contributed by atoms with Crippen molar-refractivity contribution >= 4 is 11.8 Å². The van der Waals surface area contributed by atoms with E-state index in [0.29, 0.717) is 6.61 Å². The van der Waals surface area contributed by atoms with Gasteiger partial charge >= 0.3 is 0 Å². The molecule has 0 spiro atoms. The van der Waals surface area contributed by atoms with Gasteiger partial charge in [0, 0.05) is 5.75 Å². The van der Waals surface area contributed by atoms with Crippen LogP contribution in [-0.2, 0) is 6.61 Å². The molecule has 1 aliphatic heterocycles. The summed E-state index contributed by atoms with van der Waals surface area (Å²) in [6, 6.07) is 16.2. The van der Waals surface area contributed by atoms with Crippen molar-refractivity contribution in [3.05, 3.63) is 54.1 Å². The molecule has 0 unspecified atom stereocenters. The zero-order chi connectivity index (χ0) is 13.1. The molecule has 3 heteroatoms. The van der Waals surface area contributed by atoms with E-state index in [2.05, 4.69) is 25.1 Å². The molecule has 0 saturated carbocycles. The second kappa shape index (κ2) is 5.57. The minimum Gasteiger partial charge on any atom is -0.489 e. The summed E-state index contributed by atoms with van der Waals surface area (Å²) in [4.78, 5) is 1.17. The van der Waals surface area contributed by atoms with Gasteiger partial charge in [0.15, 0.2) is 0 Å². The molecular formula is C16H16O2S. The fraction of sp³-hybridized carbons (Fsp3) is 0.250. The van der Waals surface area contributed by atoms with Gasteiger partial charge in [0.05, 0.1) is 4.90 Å². The number of ether oxygens (including phenoxy) is 2. The predicted molar refractivity (Wildman–Crippen MR) is 78.0 cm³/mol. The molecule has 0 N–H and O–H groups in total. The van der Waals surface area contributed by atoms with Crippen molar-refractivity contribution in [1.82, 2.24) is 0 Å². The van der Waals surface area contributed by atoms with Crippen LogP contribution in [0.3, 0.4) is 0 Å². The normalized spacial score (nSPS) is 17.4. The first kappa shape index (κ1) is 12.4. The zero-order valence-corrected chi connectivity index (χ0v) is 11.7. The van der Waals surface area contributed by atoms with Gasteiger partial charge in [0.25, 0.3) is 0 Å². The zero-order valence-electron chi connectivity index (χ0n) is 10.8. The van der Waals surface area contributed by atoms with E-state index in [9.17, 15) is 0 Å². The van der Waals surface area contributed by atoms with E-state index in [1.54, 1.807) is 0 Å². The lowest BCUT2D eigenvalue weighted by atomic mass is 10.2. The third kappa shape index (κ3) is 3.04. The van der Waals surface area contributed by atoms with Crippen molar-refractivity contribution < 1.29 is 9.47 Å². The summed E-state index contributed by atoms with van der Waals surface area (Å²) >= 11 is 1.83. The fourth-order valence-corrected chi connectivity index (χ4v) is 2.93. The number of rotatable bonds is 3. The second-order valence-electron chi connectivity index (χ2n) is 4.62. The van der Waals surface area contributed by atoms with Gasteiger partial charge in [0.1, 0.15) is 24.2 Å². The summed E-state index contributed by atoms with van der Waals surface area (Å²) in [5, 5.41) is 0. The van der Waals surface area contributed by atoms with Crippen LogP contribution in [0.4, 0.5) is 0 Å². The lowest BCUT2D eigenvalue weighted by Gasteiger charge is -2.23. The number of fused-ring (bicyclic) bond motifs is 1. The van der Waals surface area contributed by atoms with Gasteiger partial charge in [-0.1, -0.05) is 30.3 Å². The standard InChI is InChI=1S/C16H16O2S/c1-12-11-19-16-9-14(7-8-15(16)18-12)17-10-13-5-3-2-4-6-13/h2-9,12H,10-11H2,1H3/t12-/m0/s1. The van der Waals surface area contributed by atoms with E-state index in [-0.39, 0.29) is 6.10 Å². The SMILES string of the molecule is C[C@H]1CSc2cc(OCc3ccccc3)ccc2O1. The summed E-state index contributed by atoms with van der Waals surface area (Å²) in [6.45, 7) is 2.69. The lowest BCUT2D eigenvalue weighted by molar-refractivity contribution is 0.234. The molecule has 19 heavy (non-hydrogen) atoms. The third-order valence-corrected chi connectivity index (χ3v) is 4.23. The molecule has 0 radical (unpaired) electrons. The maximum Gasteiger partial charge on any atom is 0.133 e. The molecule has 0 aliphatic carbocycles. The van der Waals surface area contributed by atoms with Gasteiger partial charge in [-0.05, 0) is 30.7 Å². The first-order valence-corrected chi connectivity index (χ1v) is 7.40. The van der Waals surface area contributed by atoms with E-state index in [0.717, 1.165) is 17.3 Å². The minimum atomic E-state index is 0.286. The molecule has 2 nitrogen and oxygen atoms in total. The highest BCUT2D eigenvalue weighted by molar-refractivity contribution is 7.99. The Labute approximate surface area is 117 Å². The third-order valence-electron chi connectivity index (χ3n) is 2.97. The van der Waals surface area contributed by atoms with E-state index in [1.807, 2.05) is 42.1 Å². The van der Waals surface area contributed by atoms with E-state index in [1.165, 1.54) is 10.5 Å². The molecule has 1 atom stereocenters. The Morgan fingerprint density at radius 2 is 2.05 bits per heavy atom. The predicted octanol–water partition coefficient (Wildman–Crippen LogP) is 4.14. The lowest BCUT2D eigenvalue weighted by Crippen LogP contribution is -2.18. The largest absolute Gasteiger partial charge is 0.489 e. The maximum atomic E-state index is 5.82. The van der Waals surface area contributed by atoms with Crippen LogP contribution in [0.1, 0.15) is 12.5 Å². The fourth-order valence-electron chi connectivity index (χ4n) is 1.99. The Hall–Kier alpha value is -1.61. The summed E-state index contributed by atoms with van der Waals surface area (Å²) < 4.78 is 11.6. The number of thioether (sulfide) groups is 1. The molecule has 0 fully saturated rings. The quantitative estimate of drug-likeness (QED) is 0.836. The van der Waals surface area contributed by atoms with Crippen LogP contribution in [-0.4, -0.2) is 11.9 Å². The number of hydrogen-bond donors (Lipinski definition) is 0. The summed E-state index contributed by atoms with van der Waals surface area (Å²) in [5.41, 5.74) is 1.18. The molecule has 0 bridgehead atoms. The van der Waals surface area contributed by atoms with Gasteiger partial charge in [-0.25, -0.2) is 0 Å². The smallest absolute Gasteiger partial charge is 0.133 e. The second-order valence-corrected chi connectivity index (χ2v) is 5.68. The molecule has 2 aromatic rings. The average molecular weight is 272 g/mol. The van der Waals surface area contributed by atoms with Crippen LogP contribution in [0.5, 0.6) is 11.5 Å². The molecule has 0 amide bonds. The molecule has 0 saturated heterocycles. The topological polar surface area (TPSA) is 18.5 Å². The van der Waals surface area contributed by atoms with Crippen molar-refractivity contribution in [3.8, 4) is 11.5 Å². The molecule has 0 aromatic heterocycles. The van der Waals surface area contributed by atoms with Crippen molar-refractivity contribution in [2.45, 2.75) is 24.5 Å². The van der Waals surface area contributed by atoms with Gasteiger partial charge in [-0.2, -0.15) is 0 Å². The van der Waals surface area contributed by atoms with Crippen molar-refractivity contribution in [3.63, 3.8) is 0 Å². The maximum absolute atomic E-state index is 5.82. The first-order chi connectivity index (χ1) is 9.31. The molecule has 2 aromatic carbocycles. The summed E-state index contributed by atoms with van der Waals surface area (Å²) in [7, 11) is 0. The Bertz CT molecular complexity index is 554. The summed E-state index contributed by atoms with van der Waals surface area (Å²) in [5.74, 6) is 2.86. The Kier molecular flexibility index (Phi) is 3.65. The van der Waals surface area contributed by atoms with Gasteiger partial charge < -0.3 is 9.47 Å². The first-order valence-electron chi connectivity index (χ1n) is 6.41. The molecule has 1 heterocycles. The van der Waals surface area contributed by atoms with Crippen molar-refractivity contribution in [2.24, 2.45) is 0 Å². The van der Waals surface area contributed by atoms with Gasteiger partial charge in [-0.3, -0.25) is 0 Å². The van der Waals surface area contributed by atoms with Gasteiger partial charge in [0.2, 0.25) is 0 Å². The highest BCUT2D eigenvalue weighted by Crippen LogP contribution is 2.37. The van der Waals surface area contributed by atoms with E-state index < -0.39 is 0 Å². The Balaban J connectivity index is 1.69. The van der Waals surface area contributed by atoms with Crippen LogP contribution in [0.2, 0.25) is 0 Å². The number of benzene rings is 2. The Morgan fingerprint density at radius 3 is 2.89 bits per heavy atom. The highest BCUT2D eigenvalue weighted by atomic mass is 32.2. The monoisotopic (exact) mass is 272 g/mol. The Morgan fingerprint density at radius 1 is 1.21 bits per heavy atom. The van der Waals surface area contributed by atoms with Crippen LogP contribution in [0.25, 0.3) is 0 Å². The molecule has 3 rings (SSSR count). The van der Waals surface area contributed by atoms with Gasteiger partial charge in [-0.15, -0.1) is 11.8 Å². The van der Waals surface area contributed by atoms with Crippen LogP contribution < -0.4 is 9.47 Å². The molecule has 1 aliphatic rings. The number of hydrogen-bond acceptors (Lipinski definition) is 3. The van der Waals surface area contributed by atoms with Crippen molar-refractivity contribution in [2.75, 3.05) is 5.75 Å². The minimum absolute atomic E-state index is 0.286. The molecule has 98 valence electrons.